The van der Waals surface area contributed by atoms with E-state index in [9.17, 15) is 14.9 Å². The number of hydrogen-bond donors (Lipinski definition) is 0. The van der Waals surface area contributed by atoms with Crippen molar-refractivity contribution in [3.05, 3.63) is 33.9 Å². The van der Waals surface area contributed by atoms with Crippen LogP contribution in [0.4, 0.5) is 11.4 Å². The van der Waals surface area contributed by atoms with Crippen LogP contribution in [0.25, 0.3) is 0 Å². The summed E-state index contributed by atoms with van der Waals surface area (Å²) in [5, 5.41) is 10.7. The Morgan fingerprint density at radius 3 is 2.82 bits per heavy atom. The summed E-state index contributed by atoms with van der Waals surface area (Å²) in [4.78, 5) is 22.8. The summed E-state index contributed by atoms with van der Waals surface area (Å²) >= 11 is 0. The summed E-state index contributed by atoms with van der Waals surface area (Å²) in [5.41, 5.74) is 1.85. The van der Waals surface area contributed by atoms with Gasteiger partial charge < -0.3 is 9.69 Å². The second-order valence-corrected chi connectivity index (χ2v) is 4.89. The van der Waals surface area contributed by atoms with Gasteiger partial charge in [-0.2, -0.15) is 0 Å². The van der Waals surface area contributed by atoms with E-state index in [0.717, 1.165) is 17.5 Å². The van der Waals surface area contributed by atoms with Gasteiger partial charge in [0.25, 0.3) is 5.69 Å². The molecule has 5 heteroatoms. The van der Waals surface area contributed by atoms with E-state index in [1.807, 2.05) is 4.90 Å². The second-order valence-electron chi connectivity index (χ2n) is 4.89. The summed E-state index contributed by atoms with van der Waals surface area (Å²) in [6.07, 6.45) is 0.823. The number of rotatable bonds is 3. The van der Waals surface area contributed by atoms with Crippen molar-refractivity contribution < 1.29 is 9.72 Å². The van der Waals surface area contributed by atoms with E-state index in [1.54, 1.807) is 12.1 Å². The molecule has 0 aromatic heterocycles. The number of aldehydes is 1. The SMILES string of the molecule is CC1(C)CN(CC=O)c2cc([N+](=O)[O-])ccc21. The van der Waals surface area contributed by atoms with E-state index in [1.165, 1.54) is 6.07 Å². The molecule has 0 saturated carbocycles. The molecule has 1 aromatic rings. The molecule has 0 spiro atoms. The number of non-ortho nitro benzene ring substituents is 1. The molecular formula is C12H14N2O3. The second kappa shape index (κ2) is 3.84. The molecule has 0 fully saturated rings. The number of anilines is 1. The van der Waals surface area contributed by atoms with Crippen molar-refractivity contribution in [3.8, 4) is 0 Å². The van der Waals surface area contributed by atoms with E-state index in [-0.39, 0.29) is 17.6 Å². The lowest BCUT2D eigenvalue weighted by Gasteiger charge is -2.19. The summed E-state index contributed by atoms with van der Waals surface area (Å²) in [6.45, 7) is 5.13. The van der Waals surface area contributed by atoms with Crippen LogP contribution in [0.2, 0.25) is 0 Å². The lowest BCUT2D eigenvalue weighted by molar-refractivity contribution is -0.384. The van der Waals surface area contributed by atoms with Crippen LogP contribution < -0.4 is 4.90 Å². The van der Waals surface area contributed by atoms with Gasteiger partial charge >= 0.3 is 0 Å². The van der Waals surface area contributed by atoms with E-state index < -0.39 is 4.92 Å². The fourth-order valence-corrected chi connectivity index (χ4v) is 2.37. The molecule has 0 atom stereocenters. The minimum Gasteiger partial charge on any atom is -0.363 e. The van der Waals surface area contributed by atoms with Gasteiger partial charge in [0.15, 0.2) is 0 Å². The minimum atomic E-state index is -0.412. The zero-order valence-corrected chi connectivity index (χ0v) is 9.84. The van der Waals surface area contributed by atoms with E-state index in [0.29, 0.717) is 6.54 Å². The number of nitrogens with zero attached hydrogens (tertiary/aromatic N) is 2. The molecule has 0 unspecified atom stereocenters. The topological polar surface area (TPSA) is 63.5 Å². The van der Waals surface area contributed by atoms with E-state index >= 15 is 0 Å². The Balaban J connectivity index is 2.50. The molecule has 0 N–H and O–H groups in total. The highest BCUT2D eigenvalue weighted by Crippen LogP contribution is 2.41. The van der Waals surface area contributed by atoms with Gasteiger partial charge in [-0.1, -0.05) is 13.8 Å². The Morgan fingerprint density at radius 1 is 1.53 bits per heavy atom. The maximum atomic E-state index is 10.7. The fourth-order valence-electron chi connectivity index (χ4n) is 2.37. The van der Waals surface area contributed by atoms with Gasteiger partial charge in [0.1, 0.15) is 6.29 Å². The standard InChI is InChI=1S/C12H14N2O3/c1-12(2)8-13(5-6-15)11-7-9(14(16)17)3-4-10(11)12/h3-4,6-7H,5,8H2,1-2H3. The molecule has 0 bridgehead atoms. The van der Waals surface area contributed by atoms with Gasteiger partial charge in [0.05, 0.1) is 11.5 Å². The average Bonchev–Trinajstić information content (AvgIpc) is 2.51. The Bertz CT molecular complexity index is 483. The first kappa shape index (κ1) is 11.6. The highest BCUT2D eigenvalue weighted by Gasteiger charge is 2.35. The first-order valence-corrected chi connectivity index (χ1v) is 5.43. The number of hydrogen-bond acceptors (Lipinski definition) is 4. The Morgan fingerprint density at radius 2 is 2.24 bits per heavy atom. The smallest absolute Gasteiger partial charge is 0.271 e. The fraction of sp³-hybridized carbons (Fsp3) is 0.417. The van der Waals surface area contributed by atoms with E-state index in [4.69, 9.17) is 0 Å². The van der Waals surface area contributed by atoms with Crippen LogP contribution in [0.5, 0.6) is 0 Å². The lowest BCUT2D eigenvalue weighted by atomic mass is 9.87. The molecule has 1 aliphatic heterocycles. The third-order valence-electron chi connectivity index (χ3n) is 3.14. The zero-order chi connectivity index (χ0) is 12.6. The summed E-state index contributed by atoms with van der Waals surface area (Å²) < 4.78 is 0. The quantitative estimate of drug-likeness (QED) is 0.455. The monoisotopic (exact) mass is 234 g/mol. The molecule has 0 saturated heterocycles. The number of nitro benzene ring substituents is 1. The van der Waals surface area contributed by atoms with Gasteiger partial charge in [-0.15, -0.1) is 0 Å². The Hall–Kier alpha value is -1.91. The van der Waals surface area contributed by atoms with Gasteiger partial charge in [-0.25, -0.2) is 0 Å². The first-order chi connectivity index (χ1) is 7.95. The minimum absolute atomic E-state index is 0.0670. The van der Waals surface area contributed by atoms with Crippen LogP contribution in [-0.2, 0) is 10.2 Å². The predicted molar refractivity (Wildman–Crippen MR) is 64.4 cm³/mol. The number of nitro groups is 1. The van der Waals surface area contributed by atoms with Crippen LogP contribution in [0.3, 0.4) is 0 Å². The molecule has 0 amide bonds. The molecule has 1 heterocycles. The zero-order valence-electron chi connectivity index (χ0n) is 9.84. The number of carbonyl (C=O) groups is 1. The largest absolute Gasteiger partial charge is 0.363 e. The van der Waals surface area contributed by atoms with Gasteiger partial charge in [-0.3, -0.25) is 10.1 Å². The van der Waals surface area contributed by atoms with Crippen molar-refractivity contribution in [2.24, 2.45) is 0 Å². The highest BCUT2D eigenvalue weighted by atomic mass is 16.6. The van der Waals surface area contributed by atoms with Crippen molar-refractivity contribution in [2.75, 3.05) is 18.0 Å². The van der Waals surface area contributed by atoms with Crippen LogP contribution in [0.15, 0.2) is 18.2 Å². The third-order valence-corrected chi connectivity index (χ3v) is 3.14. The third kappa shape index (κ3) is 1.88. The van der Waals surface area contributed by atoms with E-state index in [2.05, 4.69) is 13.8 Å². The number of fused-ring (bicyclic) bond motifs is 1. The lowest BCUT2D eigenvalue weighted by Crippen LogP contribution is -2.29. The molecular weight excluding hydrogens is 220 g/mol. The molecule has 2 rings (SSSR count). The van der Waals surface area contributed by atoms with Crippen molar-refractivity contribution in [1.29, 1.82) is 0 Å². The van der Waals surface area contributed by atoms with Crippen LogP contribution in [0.1, 0.15) is 19.4 Å². The Labute approximate surface area is 99.2 Å². The molecule has 0 aliphatic carbocycles. The van der Waals surface area contributed by atoms with Crippen LogP contribution in [-0.4, -0.2) is 24.3 Å². The Kier molecular flexibility index (Phi) is 2.61. The summed E-state index contributed by atoms with van der Waals surface area (Å²) in [7, 11) is 0. The summed E-state index contributed by atoms with van der Waals surface area (Å²) in [6, 6.07) is 4.86. The molecule has 5 nitrogen and oxygen atoms in total. The molecule has 0 radical (unpaired) electrons. The predicted octanol–water partition coefficient (Wildman–Crippen LogP) is 1.89. The molecule has 1 aromatic carbocycles. The molecule has 1 aliphatic rings. The van der Waals surface area contributed by atoms with Crippen molar-refractivity contribution in [3.63, 3.8) is 0 Å². The van der Waals surface area contributed by atoms with Crippen LogP contribution in [0, 0.1) is 10.1 Å². The highest BCUT2D eigenvalue weighted by molar-refractivity contribution is 5.70. The van der Waals surface area contributed by atoms with Gasteiger partial charge in [0, 0.05) is 29.8 Å². The van der Waals surface area contributed by atoms with Gasteiger partial charge in [-0.05, 0) is 11.6 Å². The number of carbonyl (C=O) groups excluding carboxylic acids is 1. The molecule has 17 heavy (non-hydrogen) atoms. The maximum absolute atomic E-state index is 10.7. The van der Waals surface area contributed by atoms with Gasteiger partial charge in [0.2, 0.25) is 0 Å². The van der Waals surface area contributed by atoms with Crippen LogP contribution >= 0.6 is 0 Å². The first-order valence-electron chi connectivity index (χ1n) is 5.43. The summed E-state index contributed by atoms with van der Waals surface area (Å²) in [5.74, 6) is 0. The van der Waals surface area contributed by atoms with Crippen molar-refractivity contribution in [1.82, 2.24) is 0 Å². The molecule has 90 valence electrons. The van der Waals surface area contributed by atoms with Crippen molar-refractivity contribution >= 4 is 17.7 Å². The van der Waals surface area contributed by atoms with Crippen molar-refractivity contribution in [2.45, 2.75) is 19.3 Å². The normalized spacial score (nSPS) is 16.7. The average molecular weight is 234 g/mol. The number of benzene rings is 1. The maximum Gasteiger partial charge on any atom is 0.271 e.